The minimum atomic E-state index is -4.05. The third-order valence-corrected chi connectivity index (χ3v) is 11.6. The highest BCUT2D eigenvalue weighted by atomic mass is 35.5. The number of carbonyl (C=O) groups is 1. The second-order valence-corrected chi connectivity index (χ2v) is 13.3. The molecule has 11 heteroatoms. The molecule has 2 aromatic rings. The van der Waals surface area contributed by atoms with Crippen LogP contribution in [0.15, 0.2) is 41.3 Å². The van der Waals surface area contributed by atoms with Gasteiger partial charge in [0, 0.05) is 18.1 Å². The number of hydrogen-bond acceptors (Lipinski definition) is 6. The van der Waals surface area contributed by atoms with Gasteiger partial charge in [-0.05, 0) is 61.0 Å². The molecule has 3 aliphatic rings. The predicted octanol–water partition coefficient (Wildman–Crippen LogP) is 1.20. The molecule has 0 aromatic heterocycles. The van der Waals surface area contributed by atoms with Crippen molar-refractivity contribution in [1.82, 2.24) is 14.5 Å². The molecule has 1 atom stereocenters. The molecule has 3 saturated heterocycles. The summed E-state index contributed by atoms with van der Waals surface area (Å²) in [7, 11) is -7.77. The number of amides is 1. The van der Waals surface area contributed by atoms with Crippen LogP contribution in [-0.2, 0) is 24.7 Å². The van der Waals surface area contributed by atoms with Gasteiger partial charge >= 0.3 is 0 Å². The number of piperazine rings is 1. The van der Waals surface area contributed by atoms with E-state index in [0.717, 1.165) is 9.69 Å². The van der Waals surface area contributed by atoms with Crippen molar-refractivity contribution in [3.63, 3.8) is 0 Å². The predicted molar refractivity (Wildman–Crippen MR) is 117 cm³/mol. The van der Waals surface area contributed by atoms with Gasteiger partial charge in [0.05, 0.1) is 16.2 Å². The van der Waals surface area contributed by atoms with Crippen molar-refractivity contribution in [2.45, 2.75) is 27.9 Å². The molecule has 1 unspecified atom stereocenters. The fourth-order valence-corrected chi connectivity index (χ4v) is 9.18. The van der Waals surface area contributed by atoms with Crippen molar-refractivity contribution >= 4 is 48.1 Å². The molecule has 1 amide bonds. The Kier molecular flexibility index (Phi) is 4.87. The molecule has 1 N–H and O–H groups in total. The second kappa shape index (κ2) is 7.14. The number of fused-ring (bicyclic) bond motifs is 2. The van der Waals surface area contributed by atoms with E-state index in [9.17, 15) is 21.6 Å². The molecule has 166 valence electrons. The van der Waals surface area contributed by atoms with Crippen LogP contribution in [0.25, 0.3) is 10.8 Å². The molecule has 8 nitrogen and oxygen atoms in total. The Labute approximate surface area is 186 Å². The summed E-state index contributed by atoms with van der Waals surface area (Å²) in [5.74, 6) is -0.466. The molecule has 2 aromatic carbocycles. The van der Waals surface area contributed by atoms with Gasteiger partial charge in [0.25, 0.3) is 0 Å². The van der Waals surface area contributed by atoms with Crippen LogP contribution < -0.4 is 5.32 Å². The average Bonchev–Trinajstić information content (AvgIpc) is 2.95. The number of nitrogens with one attached hydrogen (secondary N) is 1. The molecular weight excluding hydrogens is 462 g/mol. The Morgan fingerprint density at radius 1 is 1.06 bits per heavy atom. The van der Waals surface area contributed by atoms with Gasteiger partial charge in [-0.1, -0.05) is 23.7 Å². The zero-order valence-electron chi connectivity index (χ0n) is 16.6. The maximum Gasteiger partial charge on any atom is 0.243 e. The van der Waals surface area contributed by atoms with Crippen molar-refractivity contribution in [2.24, 2.45) is 0 Å². The Morgan fingerprint density at radius 3 is 2.48 bits per heavy atom. The normalized spacial score (nSPS) is 25.8. The molecule has 0 aliphatic carbocycles. The SMILES string of the molecule is O=C1CN(S(=O)(=O)c2ccc3cc(Cl)ccc3c2)CC2N1CC1(CCNCC1)S2(=O)=O. The summed E-state index contributed by atoms with van der Waals surface area (Å²) < 4.78 is 53.5. The Morgan fingerprint density at radius 2 is 1.74 bits per heavy atom. The summed E-state index contributed by atoms with van der Waals surface area (Å²) in [6.07, 6.45) is 0.852. The smallest absolute Gasteiger partial charge is 0.243 e. The topological polar surface area (TPSA) is 104 Å². The van der Waals surface area contributed by atoms with E-state index >= 15 is 0 Å². The summed E-state index contributed by atoms with van der Waals surface area (Å²) in [5.41, 5.74) is 0. The van der Waals surface area contributed by atoms with Crippen LogP contribution in [-0.4, -0.2) is 74.8 Å². The minimum absolute atomic E-state index is 0.0237. The number of carbonyl (C=O) groups excluding carboxylic acids is 1. The van der Waals surface area contributed by atoms with Crippen LogP contribution in [0.5, 0.6) is 0 Å². The molecule has 1 spiro atoms. The van der Waals surface area contributed by atoms with Crippen molar-refractivity contribution in [3.8, 4) is 0 Å². The van der Waals surface area contributed by atoms with E-state index in [-0.39, 0.29) is 24.5 Å². The number of piperidine rings is 1. The van der Waals surface area contributed by atoms with Gasteiger partial charge in [-0.2, -0.15) is 4.31 Å². The van der Waals surface area contributed by atoms with Crippen LogP contribution in [0.4, 0.5) is 0 Å². The summed E-state index contributed by atoms with van der Waals surface area (Å²) >= 11 is 6.00. The van der Waals surface area contributed by atoms with Crippen LogP contribution >= 0.6 is 11.6 Å². The van der Waals surface area contributed by atoms with Gasteiger partial charge < -0.3 is 10.2 Å². The molecular formula is C20H22ClN3O5S2. The summed E-state index contributed by atoms with van der Waals surface area (Å²) in [5, 5.41) is 4.05. The molecule has 3 heterocycles. The lowest BCUT2D eigenvalue weighted by atomic mass is 9.96. The maximum atomic E-state index is 13.4. The number of sulfone groups is 1. The number of benzene rings is 2. The van der Waals surface area contributed by atoms with Crippen LogP contribution in [0.1, 0.15) is 12.8 Å². The highest BCUT2D eigenvalue weighted by Crippen LogP contribution is 2.42. The lowest BCUT2D eigenvalue weighted by molar-refractivity contribution is -0.134. The fraction of sp³-hybridized carbons (Fsp3) is 0.450. The molecule has 3 aliphatic heterocycles. The Hall–Kier alpha value is -1.72. The molecule has 3 fully saturated rings. The van der Waals surface area contributed by atoms with Crippen LogP contribution in [0, 0.1) is 0 Å². The van der Waals surface area contributed by atoms with Gasteiger partial charge in [0.2, 0.25) is 15.9 Å². The summed E-state index contributed by atoms with van der Waals surface area (Å²) in [4.78, 5) is 14.2. The molecule has 0 bridgehead atoms. The first kappa shape index (κ1) is 21.1. The van der Waals surface area contributed by atoms with Crippen molar-refractivity contribution in [3.05, 3.63) is 41.4 Å². The zero-order valence-corrected chi connectivity index (χ0v) is 19.0. The standard InChI is InChI=1S/C20H22ClN3O5S2/c21-16-3-1-15-10-17(4-2-14(15)9-16)31(28,29)23-11-18(25)24-13-20(5-7-22-8-6-20)30(26,27)19(24)12-23/h1-4,9-10,19,22H,5-8,11-13H2. The monoisotopic (exact) mass is 483 g/mol. The van der Waals surface area contributed by atoms with E-state index in [1.54, 1.807) is 24.3 Å². The lowest BCUT2D eigenvalue weighted by Gasteiger charge is -2.35. The van der Waals surface area contributed by atoms with Crippen molar-refractivity contribution in [1.29, 1.82) is 0 Å². The third-order valence-electron chi connectivity index (χ3n) is 6.69. The molecule has 31 heavy (non-hydrogen) atoms. The van der Waals surface area contributed by atoms with Gasteiger partial charge in [0.15, 0.2) is 9.84 Å². The third kappa shape index (κ3) is 3.19. The van der Waals surface area contributed by atoms with Crippen LogP contribution in [0.3, 0.4) is 0 Å². The quantitative estimate of drug-likeness (QED) is 0.688. The van der Waals surface area contributed by atoms with Gasteiger partial charge in [-0.25, -0.2) is 16.8 Å². The minimum Gasteiger partial charge on any atom is -0.322 e. The van der Waals surface area contributed by atoms with Gasteiger partial charge in [-0.3, -0.25) is 4.79 Å². The van der Waals surface area contributed by atoms with E-state index in [2.05, 4.69) is 5.32 Å². The van der Waals surface area contributed by atoms with E-state index < -0.39 is 35.9 Å². The largest absolute Gasteiger partial charge is 0.322 e. The molecule has 0 radical (unpaired) electrons. The van der Waals surface area contributed by atoms with E-state index in [1.807, 2.05) is 0 Å². The van der Waals surface area contributed by atoms with E-state index in [0.29, 0.717) is 36.3 Å². The average molecular weight is 484 g/mol. The number of sulfonamides is 1. The van der Waals surface area contributed by atoms with Gasteiger partial charge in [-0.15, -0.1) is 0 Å². The first-order valence-electron chi connectivity index (χ1n) is 10.1. The van der Waals surface area contributed by atoms with Crippen molar-refractivity contribution in [2.75, 3.05) is 32.7 Å². The van der Waals surface area contributed by atoms with Crippen LogP contribution in [0.2, 0.25) is 5.02 Å². The molecule has 0 saturated carbocycles. The molecule has 5 rings (SSSR count). The lowest BCUT2D eigenvalue weighted by Crippen LogP contribution is -2.56. The first-order chi connectivity index (χ1) is 14.6. The highest BCUT2D eigenvalue weighted by Gasteiger charge is 2.61. The number of halogens is 1. The van der Waals surface area contributed by atoms with E-state index in [4.69, 9.17) is 11.6 Å². The Balaban J connectivity index is 1.49. The zero-order chi connectivity index (χ0) is 22.0. The van der Waals surface area contributed by atoms with Gasteiger partial charge in [0.1, 0.15) is 5.37 Å². The first-order valence-corrected chi connectivity index (χ1v) is 13.4. The second-order valence-electron chi connectivity index (χ2n) is 8.41. The number of hydrogen-bond donors (Lipinski definition) is 1. The summed E-state index contributed by atoms with van der Waals surface area (Å²) in [6.45, 7) is 0.672. The fourth-order valence-electron chi connectivity index (χ4n) is 4.90. The highest BCUT2D eigenvalue weighted by molar-refractivity contribution is 7.94. The maximum absolute atomic E-state index is 13.4. The number of nitrogens with zero attached hydrogens (tertiary/aromatic N) is 2. The Bertz CT molecular complexity index is 1290. The summed E-state index contributed by atoms with van der Waals surface area (Å²) in [6, 6.07) is 9.77. The van der Waals surface area contributed by atoms with Crippen molar-refractivity contribution < 1.29 is 21.6 Å². The van der Waals surface area contributed by atoms with E-state index in [1.165, 1.54) is 17.0 Å². The number of rotatable bonds is 2.